The van der Waals surface area contributed by atoms with Crippen LogP contribution in [0.15, 0.2) is 24.3 Å². The van der Waals surface area contributed by atoms with Gasteiger partial charge in [0.1, 0.15) is 12.4 Å². The summed E-state index contributed by atoms with van der Waals surface area (Å²) < 4.78 is 11.8. The molecule has 2 heterocycles. The Morgan fingerprint density at radius 2 is 1.81 bits per heavy atom. The molecule has 2 fully saturated rings. The fraction of sp³-hybridized carbons (Fsp3) is 0.579. The second kappa shape index (κ2) is 9.55. The van der Waals surface area contributed by atoms with Crippen molar-refractivity contribution >= 4 is 6.09 Å². The van der Waals surface area contributed by atoms with E-state index in [1.165, 1.54) is 0 Å². The lowest BCUT2D eigenvalue weighted by atomic mass is 10.1. The molecule has 2 aliphatic heterocycles. The van der Waals surface area contributed by atoms with Gasteiger partial charge in [0, 0.05) is 45.8 Å². The van der Waals surface area contributed by atoms with Crippen molar-refractivity contribution in [3.63, 3.8) is 0 Å². The number of ether oxygens (including phenoxy) is 2. The Hall–Kier alpha value is -2.34. The van der Waals surface area contributed by atoms with E-state index in [9.17, 15) is 4.79 Å². The number of carboxylic acid groups (broad SMARTS) is 1. The number of carbonyl (C=O) groups is 1. The van der Waals surface area contributed by atoms with E-state index in [4.69, 9.17) is 19.8 Å². The fourth-order valence-electron chi connectivity index (χ4n) is 3.64. The van der Waals surface area contributed by atoms with Crippen molar-refractivity contribution in [3.8, 4) is 11.8 Å². The van der Waals surface area contributed by atoms with Crippen molar-refractivity contribution < 1.29 is 19.4 Å². The number of fused-ring (bicyclic) bond motifs is 2. The zero-order valence-electron chi connectivity index (χ0n) is 15.3. The SMILES string of the molecule is N#Cc1ccc(OCCN2CC3CN(CCCNC(=O)O)CC(C2)O3)cc1. The first-order valence-corrected chi connectivity index (χ1v) is 9.32. The Bertz CT molecular complexity index is 647. The second-order valence-electron chi connectivity index (χ2n) is 6.97. The zero-order chi connectivity index (χ0) is 19.1. The van der Waals surface area contributed by atoms with Gasteiger partial charge in [0.2, 0.25) is 0 Å². The number of nitriles is 1. The number of hydrogen-bond donors (Lipinski definition) is 2. The highest BCUT2D eigenvalue weighted by atomic mass is 16.5. The summed E-state index contributed by atoms with van der Waals surface area (Å²) in [5.74, 6) is 0.781. The van der Waals surface area contributed by atoms with Gasteiger partial charge in [0.25, 0.3) is 0 Å². The zero-order valence-corrected chi connectivity index (χ0v) is 15.3. The minimum atomic E-state index is -0.965. The number of nitrogens with zero attached hydrogens (tertiary/aromatic N) is 3. The molecule has 0 aromatic heterocycles. The third-order valence-corrected chi connectivity index (χ3v) is 4.82. The average Bonchev–Trinajstić information content (AvgIpc) is 2.65. The molecule has 146 valence electrons. The van der Waals surface area contributed by atoms with Gasteiger partial charge in [0.15, 0.2) is 0 Å². The van der Waals surface area contributed by atoms with E-state index in [2.05, 4.69) is 21.2 Å². The number of benzene rings is 1. The first-order chi connectivity index (χ1) is 13.1. The van der Waals surface area contributed by atoms with Gasteiger partial charge in [0.05, 0.1) is 23.8 Å². The topological polar surface area (TPSA) is 98.1 Å². The lowest BCUT2D eigenvalue weighted by molar-refractivity contribution is -0.139. The summed E-state index contributed by atoms with van der Waals surface area (Å²) in [6.07, 6.45) is 0.237. The molecule has 0 saturated carbocycles. The van der Waals surface area contributed by atoms with Crippen molar-refractivity contribution in [1.29, 1.82) is 5.26 Å². The molecule has 8 heteroatoms. The van der Waals surface area contributed by atoms with Crippen LogP contribution in [0.1, 0.15) is 12.0 Å². The van der Waals surface area contributed by atoms with E-state index in [1.807, 2.05) is 12.1 Å². The number of morpholine rings is 2. The molecule has 2 atom stereocenters. The average molecular weight is 374 g/mol. The molecule has 1 amide bonds. The fourth-order valence-corrected chi connectivity index (χ4v) is 3.64. The molecule has 1 aromatic rings. The highest BCUT2D eigenvalue weighted by Crippen LogP contribution is 2.19. The molecule has 2 bridgehead atoms. The van der Waals surface area contributed by atoms with E-state index < -0.39 is 6.09 Å². The van der Waals surface area contributed by atoms with E-state index >= 15 is 0 Å². The molecule has 2 saturated heterocycles. The van der Waals surface area contributed by atoms with Gasteiger partial charge in [-0.25, -0.2) is 4.79 Å². The maximum absolute atomic E-state index is 10.5. The minimum absolute atomic E-state index is 0.194. The third kappa shape index (κ3) is 6.10. The number of nitrogens with one attached hydrogen (secondary N) is 1. The van der Waals surface area contributed by atoms with Gasteiger partial charge in [-0.1, -0.05) is 0 Å². The number of rotatable bonds is 8. The molecule has 0 aliphatic carbocycles. The van der Waals surface area contributed by atoms with Gasteiger partial charge < -0.3 is 19.9 Å². The van der Waals surface area contributed by atoms with Gasteiger partial charge in [-0.3, -0.25) is 9.80 Å². The molecule has 27 heavy (non-hydrogen) atoms. The molecule has 3 rings (SSSR count). The summed E-state index contributed by atoms with van der Waals surface area (Å²) in [6.45, 7) is 6.37. The van der Waals surface area contributed by atoms with Crippen LogP contribution in [0.4, 0.5) is 4.79 Å². The normalized spacial score (nSPS) is 22.8. The van der Waals surface area contributed by atoms with Crippen molar-refractivity contribution in [2.24, 2.45) is 0 Å². The third-order valence-electron chi connectivity index (χ3n) is 4.82. The second-order valence-corrected chi connectivity index (χ2v) is 6.97. The first-order valence-electron chi connectivity index (χ1n) is 9.32. The van der Waals surface area contributed by atoms with Crippen LogP contribution in [0, 0.1) is 11.3 Å². The monoisotopic (exact) mass is 374 g/mol. The molecular formula is C19H26N4O4. The smallest absolute Gasteiger partial charge is 0.404 e. The van der Waals surface area contributed by atoms with Crippen LogP contribution in [-0.2, 0) is 4.74 Å². The summed E-state index contributed by atoms with van der Waals surface area (Å²) in [5.41, 5.74) is 0.631. The Labute approximate surface area is 159 Å². The Balaban J connectivity index is 1.35. The number of hydrogen-bond acceptors (Lipinski definition) is 6. The predicted octanol–water partition coefficient (Wildman–Crippen LogP) is 0.980. The highest BCUT2D eigenvalue weighted by molar-refractivity contribution is 5.64. The van der Waals surface area contributed by atoms with Gasteiger partial charge >= 0.3 is 6.09 Å². The molecule has 1 aromatic carbocycles. The summed E-state index contributed by atoms with van der Waals surface area (Å²) in [4.78, 5) is 15.2. The molecule has 2 unspecified atom stereocenters. The number of amides is 1. The molecular weight excluding hydrogens is 348 g/mol. The summed E-state index contributed by atoms with van der Waals surface area (Å²) in [5, 5.41) is 19.8. The van der Waals surface area contributed by atoms with Crippen LogP contribution >= 0.6 is 0 Å². The molecule has 0 spiro atoms. The van der Waals surface area contributed by atoms with Crippen LogP contribution in [0.3, 0.4) is 0 Å². The largest absolute Gasteiger partial charge is 0.492 e. The maximum Gasteiger partial charge on any atom is 0.404 e. The summed E-state index contributed by atoms with van der Waals surface area (Å²) >= 11 is 0. The standard InChI is InChI=1S/C19H26N4O4/c20-10-15-2-4-16(5-3-15)26-9-8-23-13-17-11-22(12-18(14-23)27-17)7-1-6-21-19(24)25/h2-5,17-18,21H,1,6-9,11-14H2,(H,24,25). The molecule has 2 aliphatic rings. The highest BCUT2D eigenvalue weighted by Gasteiger charge is 2.34. The predicted molar refractivity (Wildman–Crippen MR) is 98.8 cm³/mol. The van der Waals surface area contributed by atoms with Gasteiger partial charge in [-0.05, 0) is 30.7 Å². The molecule has 2 N–H and O–H groups in total. The van der Waals surface area contributed by atoms with Gasteiger partial charge in [-0.2, -0.15) is 5.26 Å². The quantitative estimate of drug-likeness (QED) is 0.655. The van der Waals surface area contributed by atoms with Crippen LogP contribution in [0.25, 0.3) is 0 Å². The van der Waals surface area contributed by atoms with E-state index in [1.54, 1.807) is 12.1 Å². The van der Waals surface area contributed by atoms with Gasteiger partial charge in [-0.15, -0.1) is 0 Å². The summed E-state index contributed by atoms with van der Waals surface area (Å²) in [7, 11) is 0. The minimum Gasteiger partial charge on any atom is -0.492 e. The lowest BCUT2D eigenvalue weighted by Crippen LogP contribution is -2.60. The maximum atomic E-state index is 10.5. The Morgan fingerprint density at radius 3 is 2.41 bits per heavy atom. The van der Waals surface area contributed by atoms with Crippen LogP contribution in [0.2, 0.25) is 0 Å². The Kier molecular flexibility index (Phi) is 6.87. The van der Waals surface area contributed by atoms with E-state index in [-0.39, 0.29) is 12.2 Å². The lowest BCUT2D eigenvalue weighted by Gasteiger charge is -2.45. The molecule has 8 nitrogen and oxygen atoms in total. The van der Waals surface area contributed by atoms with Crippen molar-refractivity contribution in [2.45, 2.75) is 18.6 Å². The molecule has 0 radical (unpaired) electrons. The summed E-state index contributed by atoms with van der Waals surface area (Å²) in [6, 6.07) is 9.26. The van der Waals surface area contributed by atoms with Crippen LogP contribution in [-0.4, -0.2) is 85.6 Å². The first kappa shape index (κ1) is 19.4. The van der Waals surface area contributed by atoms with Crippen molar-refractivity contribution in [3.05, 3.63) is 29.8 Å². The van der Waals surface area contributed by atoms with E-state index in [0.29, 0.717) is 18.7 Å². The van der Waals surface area contributed by atoms with Crippen molar-refractivity contribution in [1.82, 2.24) is 15.1 Å². The van der Waals surface area contributed by atoms with Crippen molar-refractivity contribution in [2.75, 3.05) is 52.4 Å². The Morgan fingerprint density at radius 1 is 1.19 bits per heavy atom. The van der Waals surface area contributed by atoms with Crippen LogP contribution < -0.4 is 10.1 Å². The van der Waals surface area contributed by atoms with E-state index in [0.717, 1.165) is 51.4 Å². The van der Waals surface area contributed by atoms with Crippen LogP contribution in [0.5, 0.6) is 5.75 Å².